The molecule has 126 valence electrons. The molecule has 23 heavy (non-hydrogen) atoms. The molecule has 0 saturated carbocycles. The maximum Gasteiger partial charge on any atom is 0.331 e. The lowest BCUT2D eigenvalue weighted by Gasteiger charge is -2.24. The highest BCUT2D eigenvalue weighted by Gasteiger charge is 2.22. The Hall–Kier alpha value is -1.84. The van der Waals surface area contributed by atoms with Crippen molar-refractivity contribution in [2.24, 2.45) is 0 Å². The van der Waals surface area contributed by atoms with Crippen molar-refractivity contribution in [3.05, 3.63) is 44.6 Å². The van der Waals surface area contributed by atoms with Gasteiger partial charge in [0, 0.05) is 12.1 Å². The van der Waals surface area contributed by atoms with E-state index in [1.807, 2.05) is 45.9 Å². The van der Waals surface area contributed by atoms with Gasteiger partial charge in [-0.1, -0.05) is 38.3 Å². The normalized spacial score (nSPS) is 12.0. The quantitative estimate of drug-likeness (QED) is 0.787. The van der Waals surface area contributed by atoms with Gasteiger partial charge in [-0.3, -0.25) is 13.9 Å². The van der Waals surface area contributed by atoms with E-state index in [0.29, 0.717) is 11.9 Å². The molecule has 0 aliphatic carbocycles. The second-order valence-electron chi connectivity index (χ2n) is 7.28. The van der Waals surface area contributed by atoms with Gasteiger partial charge >= 0.3 is 5.69 Å². The minimum Gasteiger partial charge on any atom is -0.293 e. The number of aromatic nitrogens is 2. The number of para-hydroxylation sites is 1. The molecule has 0 aliphatic rings. The minimum absolute atomic E-state index is 0.189. The molecule has 1 aromatic heterocycles. The summed E-state index contributed by atoms with van der Waals surface area (Å²) in [6.45, 7) is 10.5. The van der Waals surface area contributed by atoms with Crippen LogP contribution in [0.15, 0.2) is 27.8 Å². The van der Waals surface area contributed by atoms with Crippen LogP contribution >= 0.6 is 0 Å². The smallest absolute Gasteiger partial charge is 0.293 e. The third-order valence-corrected chi connectivity index (χ3v) is 4.27. The summed E-state index contributed by atoms with van der Waals surface area (Å²) in [6, 6.07) is 5.68. The first-order chi connectivity index (χ1) is 10.8. The Morgan fingerprint density at radius 3 is 2.35 bits per heavy atom. The molecule has 2 rings (SSSR count). The van der Waals surface area contributed by atoms with Gasteiger partial charge in [0.1, 0.15) is 0 Å². The SMILES string of the molecule is CCCCCCn1c(=O)n(C(C)(C)C)c(=O)c2cccc(C)c21. The average molecular weight is 316 g/mol. The Morgan fingerprint density at radius 1 is 1.04 bits per heavy atom. The van der Waals surface area contributed by atoms with Crippen LogP contribution in [0.1, 0.15) is 58.9 Å². The molecule has 0 N–H and O–H groups in total. The van der Waals surface area contributed by atoms with Crippen LogP contribution in [0.5, 0.6) is 0 Å². The molecule has 0 bridgehead atoms. The predicted molar refractivity (Wildman–Crippen MR) is 96.3 cm³/mol. The highest BCUT2D eigenvalue weighted by atomic mass is 16.2. The Balaban J connectivity index is 2.72. The van der Waals surface area contributed by atoms with E-state index in [1.165, 1.54) is 11.0 Å². The van der Waals surface area contributed by atoms with Gasteiger partial charge in [0.05, 0.1) is 10.9 Å². The van der Waals surface area contributed by atoms with Crippen LogP contribution in [0.4, 0.5) is 0 Å². The Bertz CT molecular complexity index is 807. The van der Waals surface area contributed by atoms with Gasteiger partial charge in [-0.25, -0.2) is 4.79 Å². The highest BCUT2D eigenvalue weighted by molar-refractivity contribution is 5.81. The van der Waals surface area contributed by atoms with Crippen LogP contribution < -0.4 is 11.2 Å². The molecule has 4 nitrogen and oxygen atoms in total. The zero-order chi connectivity index (χ0) is 17.2. The molecule has 4 heteroatoms. The molecule has 0 radical (unpaired) electrons. The Kier molecular flexibility index (Phi) is 5.12. The second-order valence-corrected chi connectivity index (χ2v) is 7.28. The molecule has 0 atom stereocenters. The highest BCUT2D eigenvalue weighted by Crippen LogP contribution is 2.17. The van der Waals surface area contributed by atoms with Gasteiger partial charge in [0.15, 0.2) is 0 Å². The van der Waals surface area contributed by atoms with E-state index in [2.05, 4.69) is 6.92 Å². The van der Waals surface area contributed by atoms with Gasteiger partial charge < -0.3 is 0 Å². The molecule has 1 aromatic carbocycles. The number of rotatable bonds is 5. The first-order valence-corrected chi connectivity index (χ1v) is 8.54. The van der Waals surface area contributed by atoms with E-state index >= 15 is 0 Å². The number of benzene rings is 1. The van der Waals surface area contributed by atoms with Crippen molar-refractivity contribution in [2.45, 2.75) is 72.4 Å². The number of unbranched alkanes of at least 4 members (excludes halogenated alkanes) is 3. The van der Waals surface area contributed by atoms with Crippen molar-refractivity contribution in [1.29, 1.82) is 0 Å². The third-order valence-electron chi connectivity index (χ3n) is 4.27. The first-order valence-electron chi connectivity index (χ1n) is 8.54. The van der Waals surface area contributed by atoms with E-state index in [4.69, 9.17) is 0 Å². The molecule has 0 fully saturated rings. The summed E-state index contributed by atoms with van der Waals surface area (Å²) in [4.78, 5) is 25.8. The molecule has 0 spiro atoms. The van der Waals surface area contributed by atoms with Gasteiger partial charge in [-0.05, 0) is 45.7 Å². The van der Waals surface area contributed by atoms with Crippen molar-refractivity contribution >= 4 is 10.9 Å². The van der Waals surface area contributed by atoms with Crippen molar-refractivity contribution in [3.8, 4) is 0 Å². The standard InChI is InChI=1S/C19H28N2O2/c1-6-7-8-9-13-20-16-14(2)11-10-12-15(16)17(22)21(18(20)23)19(3,4)5/h10-12H,6-9,13H2,1-5H3. The lowest BCUT2D eigenvalue weighted by atomic mass is 10.1. The summed E-state index contributed by atoms with van der Waals surface area (Å²) >= 11 is 0. The molecular weight excluding hydrogens is 288 g/mol. The minimum atomic E-state index is -0.530. The maximum absolute atomic E-state index is 13.0. The summed E-state index contributed by atoms with van der Waals surface area (Å²) in [6.07, 6.45) is 4.39. The Morgan fingerprint density at radius 2 is 1.74 bits per heavy atom. The molecule has 0 saturated heterocycles. The van der Waals surface area contributed by atoms with Crippen LogP contribution in [-0.4, -0.2) is 9.13 Å². The molecule has 0 amide bonds. The first kappa shape index (κ1) is 17.5. The van der Waals surface area contributed by atoms with Gasteiger partial charge in [-0.15, -0.1) is 0 Å². The number of fused-ring (bicyclic) bond motifs is 1. The molecule has 0 unspecified atom stereocenters. The second kappa shape index (κ2) is 6.73. The largest absolute Gasteiger partial charge is 0.331 e. The number of nitrogens with zero attached hydrogens (tertiary/aromatic N) is 2. The van der Waals surface area contributed by atoms with Crippen LogP contribution in [0.25, 0.3) is 10.9 Å². The van der Waals surface area contributed by atoms with E-state index < -0.39 is 5.54 Å². The van der Waals surface area contributed by atoms with E-state index in [9.17, 15) is 9.59 Å². The topological polar surface area (TPSA) is 44.0 Å². The summed E-state index contributed by atoms with van der Waals surface area (Å²) in [5.74, 6) is 0. The summed E-state index contributed by atoms with van der Waals surface area (Å²) in [7, 11) is 0. The van der Waals surface area contributed by atoms with Crippen molar-refractivity contribution < 1.29 is 0 Å². The van der Waals surface area contributed by atoms with Crippen molar-refractivity contribution in [1.82, 2.24) is 9.13 Å². The van der Waals surface area contributed by atoms with E-state index in [0.717, 1.165) is 30.3 Å². The van der Waals surface area contributed by atoms with E-state index in [-0.39, 0.29) is 11.2 Å². The summed E-state index contributed by atoms with van der Waals surface area (Å²) in [5.41, 5.74) is 0.858. The molecule has 0 aliphatic heterocycles. The average Bonchev–Trinajstić information content (AvgIpc) is 2.45. The van der Waals surface area contributed by atoms with Crippen LogP contribution in [0, 0.1) is 6.92 Å². The fourth-order valence-corrected chi connectivity index (χ4v) is 3.11. The van der Waals surface area contributed by atoms with Crippen molar-refractivity contribution in [3.63, 3.8) is 0 Å². The van der Waals surface area contributed by atoms with E-state index in [1.54, 1.807) is 4.57 Å². The van der Waals surface area contributed by atoms with Crippen LogP contribution in [0.2, 0.25) is 0 Å². The molecule has 1 heterocycles. The zero-order valence-electron chi connectivity index (χ0n) is 15.0. The predicted octanol–water partition coefficient (Wildman–Crippen LogP) is 3.81. The maximum atomic E-state index is 13.0. The molecular formula is C19H28N2O2. The molecule has 2 aromatic rings. The van der Waals surface area contributed by atoms with Crippen LogP contribution in [0.3, 0.4) is 0 Å². The van der Waals surface area contributed by atoms with Gasteiger partial charge in [0.2, 0.25) is 0 Å². The Labute approximate surface area is 137 Å². The zero-order valence-corrected chi connectivity index (χ0v) is 15.0. The fourth-order valence-electron chi connectivity index (χ4n) is 3.11. The van der Waals surface area contributed by atoms with Crippen LogP contribution in [-0.2, 0) is 12.1 Å². The number of aryl methyl sites for hydroxylation is 2. The monoisotopic (exact) mass is 316 g/mol. The van der Waals surface area contributed by atoms with Gasteiger partial charge in [0.25, 0.3) is 5.56 Å². The fraction of sp³-hybridized carbons (Fsp3) is 0.579. The summed E-state index contributed by atoms with van der Waals surface area (Å²) in [5, 5.41) is 0.634. The number of hydrogen-bond donors (Lipinski definition) is 0. The summed E-state index contributed by atoms with van der Waals surface area (Å²) < 4.78 is 3.20. The lowest BCUT2D eigenvalue weighted by molar-refractivity contribution is 0.356. The lowest BCUT2D eigenvalue weighted by Crippen LogP contribution is -2.47. The van der Waals surface area contributed by atoms with Crippen molar-refractivity contribution in [2.75, 3.05) is 0 Å². The third kappa shape index (κ3) is 3.41. The number of hydrogen-bond acceptors (Lipinski definition) is 2. The van der Waals surface area contributed by atoms with Gasteiger partial charge in [-0.2, -0.15) is 0 Å².